The van der Waals surface area contributed by atoms with Gasteiger partial charge >= 0.3 is 0 Å². The smallest absolute Gasteiger partial charge is 0.127 e. The van der Waals surface area contributed by atoms with Crippen LogP contribution < -0.4 is 10.1 Å². The molecule has 4 aromatic heterocycles. The van der Waals surface area contributed by atoms with Crippen LogP contribution in [0.3, 0.4) is 0 Å². The highest BCUT2D eigenvalue weighted by Crippen LogP contribution is 2.36. The Morgan fingerprint density at radius 3 is 2.65 bits per heavy atom. The summed E-state index contributed by atoms with van der Waals surface area (Å²) < 4.78 is 10.2. The lowest BCUT2D eigenvalue weighted by Gasteiger charge is -2.29. The molecule has 0 aliphatic heterocycles. The molecule has 4 heterocycles. The largest absolute Gasteiger partial charge is 0.490 e. The molecular formula is C23H27N7O. The van der Waals surface area contributed by atoms with Gasteiger partial charge in [0.1, 0.15) is 17.3 Å². The number of ether oxygens (including phenoxy) is 1. The first kappa shape index (κ1) is 19.5. The van der Waals surface area contributed by atoms with Gasteiger partial charge in [-0.3, -0.25) is 14.3 Å². The van der Waals surface area contributed by atoms with E-state index in [2.05, 4.69) is 31.1 Å². The lowest BCUT2D eigenvalue weighted by atomic mass is 9.93. The van der Waals surface area contributed by atoms with Gasteiger partial charge in [-0.15, -0.1) is 0 Å². The lowest BCUT2D eigenvalue weighted by molar-refractivity contribution is 0.131. The molecule has 1 N–H and O–H groups in total. The Hall–Kier alpha value is -3.42. The van der Waals surface area contributed by atoms with Crippen LogP contribution in [-0.4, -0.2) is 42.7 Å². The van der Waals surface area contributed by atoms with Gasteiger partial charge in [0.25, 0.3) is 0 Å². The van der Waals surface area contributed by atoms with Crippen molar-refractivity contribution in [2.75, 3.05) is 12.4 Å². The third-order valence-electron chi connectivity index (χ3n) is 5.99. The van der Waals surface area contributed by atoms with Gasteiger partial charge in [-0.2, -0.15) is 10.2 Å². The molecule has 0 radical (unpaired) electrons. The number of nitrogens with one attached hydrogen (secondary N) is 1. The van der Waals surface area contributed by atoms with Crippen LogP contribution in [0.4, 0.5) is 5.82 Å². The summed E-state index contributed by atoms with van der Waals surface area (Å²) in [5.41, 5.74) is 4.03. The molecule has 1 aliphatic carbocycles. The van der Waals surface area contributed by atoms with E-state index in [1.54, 1.807) is 10.9 Å². The first-order chi connectivity index (χ1) is 15.1. The fourth-order valence-electron chi connectivity index (χ4n) is 4.40. The normalized spacial score (nSPS) is 18.9. The van der Waals surface area contributed by atoms with Crippen molar-refractivity contribution >= 4 is 16.7 Å². The van der Waals surface area contributed by atoms with Gasteiger partial charge in [0.2, 0.25) is 0 Å². The number of nitrogens with zero attached hydrogens (tertiary/aromatic N) is 6. The zero-order valence-electron chi connectivity index (χ0n) is 18.1. The Labute approximate surface area is 181 Å². The highest BCUT2D eigenvalue weighted by atomic mass is 16.5. The second-order valence-corrected chi connectivity index (χ2v) is 8.21. The number of rotatable bonds is 5. The molecule has 1 fully saturated rings. The summed E-state index contributed by atoms with van der Waals surface area (Å²) in [5, 5.41) is 13.6. The summed E-state index contributed by atoms with van der Waals surface area (Å²) >= 11 is 0. The molecule has 0 bridgehead atoms. The maximum atomic E-state index is 6.22. The Kier molecular flexibility index (Phi) is 5.05. The van der Waals surface area contributed by atoms with Gasteiger partial charge in [-0.05, 0) is 38.7 Å². The van der Waals surface area contributed by atoms with Crippen molar-refractivity contribution in [3.05, 3.63) is 48.7 Å². The Bertz CT molecular complexity index is 1200. The molecule has 160 valence electrons. The summed E-state index contributed by atoms with van der Waals surface area (Å²) in [6.07, 6.45) is 11.8. The molecule has 8 nitrogen and oxygen atoms in total. The van der Waals surface area contributed by atoms with Gasteiger partial charge < -0.3 is 10.1 Å². The van der Waals surface area contributed by atoms with Crippen LogP contribution >= 0.6 is 0 Å². The fourth-order valence-corrected chi connectivity index (χ4v) is 4.40. The van der Waals surface area contributed by atoms with E-state index in [1.807, 2.05) is 51.7 Å². The van der Waals surface area contributed by atoms with Gasteiger partial charge in [0, 0.05) is 61.5 Å². The van der Waals surface area contributed by atoms with E-state index in [0.717, 1.165) is 65.1 Å². The van der Waals surface area contributed by atoms with E-state index in [1.165, 1.54) is 0 Å². The summed E-state index contributed by atoms with van der Waals surface area (Å²) in [6.45, 7) is 1.99. The van der Waals surface area contributed by atoms with Crippen LogP contribution in [0.2, 0.25) is 0 Å². The number of hydrogen-bond acceptors (Lipinski definition) is 6. The highest BCUT2D eigenvalue weighted by Gasteiger charge is 2.27. The first-order valence-electron chi connectivity index (χ1n) is 10.7. The van der Waals surface area contributed by atoms with E-state index in [-0.39, 0.29) is 6.10 Å². The highest BCUT2D eigenvalue weighted by molar-refractivity contribution is 5.93. The minimum Gasteiger partial charge on any atom is -0.490 e. The third-order valence-corrected chi connectivity index (χ3v) is 5.99. The maximum Gasteiger partial charge on any atom is 0.127 e. The summed E-state index contributed by atoms with van der Waals surface area (Å²) in [6, 6.07) is 6.36. The second-order valence-electron chi connectivity index (χ2n) is 8.21. The summed E-state index contributed by atoms with van der Waals surface area (Å²) in [7, 11) is 3.81. The molecule has 0 atom stereocenters. The zero-order chi connectivity index (χ0) is 21.4. The molecule has 0 amide bonds. The van der Waals surface area contributed by atoms with Gasteiger partial charge in [0.15, 0.2) is 0 Å². The maximum absolute atomic E-state index is 6.22. The van der Waals surface area contributed by atoms with E-state index in [0.29, 0.717) is 6.04 Å². The predicted octanol–water partition coefficient (Wildman–Crippen LogP) is 4.14. The third kappa shape index (κ3) is 3.85. The molecule has 1 aliphatic rings. The molecule has 31 heavy (non-hydrogen) atoms. The molecule has 0 saturated heterocycles. The second kappa shape index (κ2) is 8.02. The van der Waals surface area contributed by atoms with Crippen molar-refractivity contribution in [3.63, 3.8) is 0 Å². The minimum atomic E-state index is 0.229. The quantitative estimate of drug-likeness (QED) is 0.525. The van der Waals surface area contributed by atoms with Gasteiger partial charge in [-0.1, -0.05) is 0 Å². The number of pyridine rings is 2. The Balaban J connectivity index is 1.41. The van der Waals surface area contributed by atoms with Crippen LogP contribution in [0.25, 0.3) is 22.2 Å². The van der Waals surface area contributed by atoms with Crippen LogP contribution in [0.5, 0.6) is 5.75 Å². The number of fused-ring (bicyclic) bond motifs is 1. The summed E-state index contributed by atoms with van der Waals surface area (Å²) in [4.78, 5) is 8.77. The Morgan fingerprint density at radius 2 is 1.94 bits per heavy atom. The molecule has 0 unspecified atom stereocenters. The van der Waals surface area contributed by atoms with Crippen molar-refractivity contribution in [1.82, 2.24) is 29.5 Å². The van der Waals surface area contributed by atoms with Crippen molar-refractivity contribution in [1.29, 1.82) is 0 Å². The topological polar surface area (TPSA) is 82.7 Å². The van der Waals surface area contributed by atoms with Gasteiger partial charge in [0.05, 0.1) is 23.9 Å². The van der Waals surface area contributed by atoms with Crippen LogP contribution in [0, 0.1) is 6.92 Å². The van der Waals surface area contributed by atoms with Crippen molar-refractivity contribution in [3.8, 4) is 17.0 Å². The minimum absolute atomic E-state index is 0.229. The number of anilines is 1. The average molecular weight is 418 g/mol. The molecule has 4 aromatic rings. The average Bonchev–Trinajstić information content (AvgIpc) is 3.37. The van der Waals surface area contributed by atoms with Crippen LogP contribution in [0.1, 0.15) is 37.4 Å². The predicted molar refractivity (Wildman–Crippen MR) is 120 cm³/mol. The lowest BCUT2D eigenvalue weighted by Crippen LogP contribution is -2.26. The SMILES string of the molecule is CNc1cc2c(cn1)c(-c1cnn(C)c1)nn2C1CCC(Oc2ccnc(C)c2)CC1. The van der Waals surface area contributed by atoms with Crippen LogP contribution in [-0.2, 0) is 7.05 Å². The standard InChI is InChI=1S/C23H27N7O/c1-15-10-19(8-9-25-15)31-18-6-4-17(5-7-18)30-21-11-22(24-2)26-13-20(21)23(28-30)16-12-27-29(3)14-16/h8-14,17-18H,4-7H2,1-3H3,(H,24,26). The number of aromatic nitrogens is 6. The number of hydrogen-bond donors (Lipinski definition) is 1. The van der Waals surface area contributed by atoms with E-state index >= 15 is 0 Å². The van der Waals surface area contributed by atoms with E-state index in [4.69, 9.17) is 9.84 Å². The van der Waals surface area contributed by atoms with Crippen molar-refractivity contribution < 1.29 is 4.74 Å². The molecule has 0 spiro atoms. The molecule has 5 rings (SSSR count). The molecule has 8 heteroatoms. The Morgan fingerprint density at radius 1 is 1.10 bits per heavy atom. The fraction of sp³-hybridized carbons (Fsp3) is 0.391. The monoisotopic (exact) mass is 417 g/mol. The molecule has 1 saturated carbocycles. The summed E-state index contributed by atoms with van der Waals surface area (Å²) in [5.74, 6) is 1.75. The van der Waals surface area contributed by atoms with Crippen LogP contribution in [0.15, 0.2) is 43.0 Å². The van der Waals surface area contributed by atoms with Crippen molar-refractivity contribution in [2.24, 2.45) is 7.05 Å². The zero-order valence-corrected chi connectivity index (χ0v) is 18.1. The van der Waals surface area contributed by atoms with Gasteiger partial charge in [-0.25, -0.2) is 4.98 Å². The van der Waals surface area contributed by atoms with E-state index < -0.39 is 0 Å². The van der Waals surface area contributed by atoms with E-state index in [9.17, 15) is 0 Å². The molecule has 0 aromatic carbocycles. The van der Waals surface area contributed by atoms with Crippen molar-refractivity contribution in [2.45, 2.75) is 44.8 Å². The molecular weight excluding hydrogens is 390 g/mol. The first-order valence-corrected chi connectivity index (χ1v) is 10.7. The number of aryl methyl sites for hydroxylation is 2.